The molecule has 64 valence electrons. The molecule has 3 N–H and O–H groups in total. The summed E-state index contributed by atoms with van der Waals surface area (Å²) in [5.74, 6) is 0.220. The summed E-state index contributed by atoms with van der Waals surface area (Å²) in [6.45, 7) is 0. The molecule has 0 spiro atoms. The fraction of sp³-hybridized carbons (Fsp3) is 0.125. The van der Waals surface area contributed by atoms with Crippen LogP contribution >= 0.6 is 15.9 Å². The van der Waals surface area contributed by atoms with Crippen LogP contribution < -0.4 is 5.73 Å². The third-order valence-corrected chi connectivity index (χ3v) is 1.96. The van der Waals surface area contributed by atoms with Crippen molar-refractivity contribution >= 4 is 21.8 Å². The highest BCUT2D eigenvalue weighted by Gasteiger charge is 1.96. The molecule has 0 saturated carbocycles. The Labute approximate surface area is 79.0 Å². The highest BCUT2D eigenvalue weighted by atomic mass is 79.9. The Balaban J connectivity index is 2.71. The summed E-state index contributed by atoms with van der Waals surface area (Å²) in [7, 11) is 0. The summed E-state index contributed by atoms with van der Waals surface area (Å²) in [6, 6.07) is 7.67. The molecular weight excluding hydrogens is 220 g/mol. The van der Waals surface area contributed by atoms with Crippen molar-refractivity contribution in [2.24, 2.45) is 10.9 Å². The lowest BCUT2D eigenvalue weighted by Gasteiger charge is -1.98. The van der Waals surface area contributed by atoms with Crippen molar-refractivity contribution in [3.63, 3.8) is 0 Å². The highest BCUT2D eigenvalue weighted by molar-refractivity contribution is 9.10. The van der Waals surface area contributed by atoms with Gasteiger partial charge in [-0.3, -0.25) is 0 Å². The maximum Gasteiger partial charge on any atom is 0.143 e. The second kappa shape index (κ2) is 4.11. The fourth-order valence-corrected chi connectivity index (χ4v) is 1.11. The quantitative estimate of drug-likeness (QED) is 0.351. The first-order valence-electron chi connectivity index (χ1n) is 3.43. The lowest BCUT2D eigenvalue weighted by atomic mass is 10.1. The average Bonchev–Trinajstić information content (AvgIpc) is 2.09. The summed E-state index contributed by atoms with van der Waals surface area (Å²) in [6.07, 6.45) is 0.476. The van der Waals surface area contributed by atoms with E-state index in [9.17, 15) is 0 Å². The van der Waals surface area contributed by atoms with Gasteiger partial charge in [-0.05, 0) is 17.7 Å². The highest BCUT2D eigenvalue weighted by Crippen LogP contribution is 2.10. The molecular formula is C8H9BrN2O. The molecule has 0 saturated heterocycles. The SMILES string of the molecule is NC(Cc1ccc(Br)cc1)=NO. The predicted molar refractivity (Wildman–Crippen MR) is 51.3 cm³/mol. The molecule has 0 radical (unpaired) electrons. The van der Waals surface area contributed by atoms with E-state index in [2.05, 4.69) is 21.1 Å². The number of nitrogens with two attached hydrogens (primary N) is 1. The minimum Gasteiger partial charge on any atom is -0.409 e. The standard InChI is InChI=1S/C8H9BrN2O/c9-7-3-1-6(2-4-7)5-8(10)11-12/h1-4,12H,5H2,(H2,10,11). The first-order chi connectivity index (χ1) is 5.72. The van der Waals surface area contributed by atoms with E-state index < -0.39 is 0 Å². The summed E-state index contributed by atoms with van der Waals surface area (Å²) in [4.78, 5) is 0. The van der Waals surface area contributed by atoms with Gasteiger partial charge in [0.15, 0.2) is 0 Å². The van der Waals surface area contributed by atoms with Gasteiger partial charge in [-0.15, -0.1) is 0 Å². The topological polar surface area (TPSA) is 58.6 Å². The van der Waals surface area contributed by atoms with Crippen molar-refractivity contribution < 1.29 is 5.21 Å². The molecule has 3 nitrogen and oxygen atoms in total. The van der Waals surface area contributed by atoms with Gasteiger partial charge in [-0.25, -0.2) is 0 Å². The van der Waals surface area contributed by atoms with Crippen LogP contribution in [0.15, 0.2) is 33.9 Å². The van der Waals surface area contributed by atoms with E-state index in [0.29, 0.717) is 6.42 Å². The van der Waals surface area contributed by atoms with Gasteiger partial charge in [0.2, 0.25) is 0 Å². The smallest absolute Gasteiger partial charge is 0.143 e. The van der Waals surface area contributed by atoms with Crippen molar-refractivity contribution in [1.82, 2.24) is 0 Å². The van der Waals surface area contributed by atoms with Gasteiger partial charge in [0, 0.05) is 10.9 Å². The monoisotopic (exact) mass is 228 g/mol. The summed E-state index contributed by atoms with van der Waals surface area (Å²) in [5.41, 5.74) is 6.35. The Bertz CT molecular complexity index is 282. The van der Waals surface area contributed by atoms with Crippen LogP contribution in [0.5, 0.6) is 0 Å². The molecule has 1 aromatic rings. The second-order valence-corrected chi connectivity index (χ2v) is 3.31. The van der Waals surface area contributed by atoms with E-state index in [1.165, 1.54) is 0 Å². The normalized spacial score (nSPS) is 11.6. The molecule has 4 heteroatoms. The summed E-state index contributed by atoms with van der Waals surface area (Å²) in [5, 5.41) is 11.2. The molecule has 1 aromatic carbocycles. The lowest BCUT2D eigenvalue weighted by molar-refractivity contribution is 0.317. The summed E-state index contributed by atoms with van der Waals surface area (Å²) < 4.78 is 1.02. The van der Waals surface area contributed by atoms with Crippen molar-refractivity contribution in [2.75, 3.05) is 0 Å². The molecule has 0 aliphatic carbocycles. The Morgan fingerprint density at radius 1 is 1.42 bits per heavy atom. The lowest BCUT2D eigenvalue weighted by Crippen LogP contribution is -2.14. The van der Waals surface area contributed by atoms with Crippen molar-refractivity contribution in [3.05, 3.63) is 34.3 Å². The maximum absolute atomic E-state index is 8.30. The van der Waals surface area contributed by atoms with E-state index in [4.69, 9.17) is 10.9 Å². The summed E-state index contributed by atoms with van der Waals surface area (Å²) >= 11 is 3.32. The zero-order valence-electron chi connectivity index (χ0n) is 6.37. The second-order valence-electron chi connectivity index (χ2n) is 2.39. The van der Waals surface area contributed by atoms with Crippen LogP contribution in [0.3, 0.4) is 0 Å². The van der Waals surface area contributed by atoms with E-state index in [1.807, 2.05) is 24.3 Å². The van der Waals surface area contributed by atoms with Crippen LogP contribution in [-0.2, 0) is 6.42 Å². The molecule has 0 amide bonds. The van der Waals surface area contributed by atoms with Gasteiger partial charge in [0.05, 0.1) is 0 Å². The van der Waals surface area contributed by atoms with Crippen molar-refractivity contribution in [3.8, 4) is 0 Å². The fourth-order valence-electron chi connectivity index (χ4n) is 0.847. The first kappa shape index (κ1) is 9.06. The number of nitrogens with zero attached hydrogens (tertiary/aromatic N) is 1. The first-order valence-corrected chi connectivity index (χ1v) is 4.22. The molecule has 1 rings (SSSR count). The van der Waals surface area contributed by atoms with Crippen molar-refractivity contribution in [1.29, 1.82) is 0 Å². The molecule has 0 bridgehead atoms. The number of oxime groups is 1. The molecule has 0 fully saturated rings. The Morgan fingerprint density at radius 2 is 2.00 bits per heavy atom. The molecule has 0 aliphatic heterocycles. The van der Waals surface area contributed by atoms with Gasteiger partial charge < -0.3 is 10.9 Å². The van der Waals surface area contributed by atoms with Gasteiger partial charge in [-0.1, -0.05) is 33.2 Å². The molecule has 0 unspecified atom stereocenters. The van der Waals surface area contributed by atoms with E-state index in [-0.39, 0.29) is 5.84 Å². The van der Waals surface area contributed by atoms with Crippen LogP contribution in [-0.4, -0.2) is 11.0 Å². The van der Waals surface area contributed by atoms with E-state index >= 15 is 0 Å². The molecule has 12 heavy (non-hydrogen) atoms. The number of rotatable bonds is 2. The zero-order chi connectivity index (χ0) is 8.97. The van der Waals surface area contributed by atoms with Crippen LogP contribution in [0.2, 0.25) is 0 Å². The maximum atomic E-state index is 8.30. The van der Waals surface area contributed by atoms with E-state index in [1.54, 1.807) is 0 Å². The third kappa shape index (κ3) is 2.54. The van der Waals surface area contributed by atoms with Crippen LogP contribution in [0.1, 0.15) is 5.56 Å². The molecule has 0 atom stereocenters. The number of hydrogen-bond acceptors (Lipinski definition) is 2. The predicted octanol–water partition coefficient (Wildman–Crippen LogP) is 1.74. The van der Waals surface area contributed by atoms with Gasteiger partial charge in [-0.2, -0.15) is 0 Å². The van der Waals surface area contributed by atoms with Crippen LogP contribution in [0, 0.1) is 0 Å². The third-order valence-electron chi connectivity index (χ3n) is 1.43. The van der Waals surface area contributed by atoms with Gasteiger partial charge in [0.25, 0.3) is 0 Å². The Hall–Kier alpha value is -1.03. The molecule has 0 aliphatic rings. The molecule has 0 heterocycles. The minimum absolute atomic E-state index is 0.220. The average molecular weight is 229 g/mol. The van der Waals surface area contributed by atoms with Crippen molar-refractivity contribution in [2.45, 2.75) is 6.42 Å². The molecule has 0 aromatic heterocycles. The largest absolute Gasteiger partial charge is 0.409 e. The number of amidine groups is 1. The zero-order valence-corrected chi connectivity index (χ0v) is 7.95. The van der Waals surface area contributed by atoms with Gasteiger partial charge >= 0.3 is 0 Å². The van der Waals surface area contributed by atoms with E-state index in [0.717, 1.165) is 10.0 Å². The number of hydrogen-bond donors (Lipinski definition) is 2. The minimum atomic E-state index is 0.220. The number of halogens is 1. The van der Waals surface area contributed by atoms with Gasteiger partial charge in [0.1, 0.15) is 5.84 Å². The van der Waals surface area contributed by atoms with Crippen LogP contribution in [0.4, 0.5) is 0 Å². The van der Waals surface area contributed by atoms with Crippen LogP contribution in [0.25, 0.3) is 0 Å². The Kier molecular flexibility index (Phi) is 3.10. The number of benzene rings is 1. The Morgan fingerprint density at radius 3 is 2.50 bits per heavy atom.